The van der Waals surface area contributed by atoms with Crippen LogP contribution in [0, 0.1) is 5.41 Å². The van der Waals surface area contributed by atoms with Crippen molar-refractivity contribution < 1.29 is 19.1 Å². The zero-order valence-electron chi connectivity index (χ0n) is 11.4. The fraction of sp³-hybridized carbons (Fsp3) is 0.467. The highest BCUT2D eigenvalue weighted by molar-refractivity contribution is 5.76. The first-order chi connectivity index (χ1) is 9.63. The zero-order valence-corrected chi connectivity index (χ0v) is 11.4. The Labute approximate surface area is 116 Å². The first-order valence-electron chi connectivity index (χ1n) is 6.80. The minimum Gasteiger partial charge on any atom is -0.497 e. The van der Waals surface area contributed by atoms with E-state index in [-0.39, 0.29) is 0 Å². The third-order valence-electron chi connectivity index (χ3n) is 4.14. The lowest BCUT2D eigenvalue weighted by Gasteiger charge is -2.21. The van der Waals surface area contributed by atoms with E-state index in [1.54, 1.807) is 13.2 Å². The second-order valence-electron chi connectivity index (χ2n) is 5.41. The number of methoxy groups -OCH3 is 1. The van der Waals surface area contributed by atoms with Crippen LogP contribution in [0.5, 0.6) is 5.75 Å². The number of aromatic nitrogens is 1. The maximum Gasteiger partial charge on any atom is 0.310 e. The molecule has 20 heavy (non-hydrogen) atoms. The number of oxazole rings is 1. The summed E-state index contributed by atoms with van der Waals surface area (Å²) in [6.45, 7) is 0. The maximum atomic E-state index is 11.6. The van der Waals surface area contributed by atoms with Gasteiger partial charge in [0.15, 0.2) is 11.5 Å². The SMILES string of the molecule is COc1ccc2nc(CC3(C(=O)O)CCCC3)oc2c1. The largest absolute Gasteiger partial charge is 0.497 e. The van der Waals surface area contributed by atoms with Gasteiger partial charge in [0, 0.05) is 12.5 Å². The van der Waals surface area contributed by atoms with Crippen LogP contribution in [-0.4, -0.2) is 23.2 Å². The molecule has 1 aromatic carbocycles. The molecule has 0 saturated heterocycles. The normalized spacial score (nSPS) is 17.4. The average Bonchev–Trinajstić information content (AvgIpc) is 3.05. The summed E-state index contributed by atoms with van der Waals surface area (Å²) in [4.78, 5) is 15.9. The molecule has 0 amide bonds. The quantitative estimate of drug-likeness (QED) is 0.928. The number of fused-ring (bicyclic) bond motifs is 1. The van der Waals surface area contributed by atoms with Gasteiger partial charge in [-0.3, -0.25) is 4.79 Å². The molecule has 0 aliphatic heterocycles. The summed E-state index contributed by atoms with van der Waals surface area (Å²) in [7, 11) is 1.59. The Kier molecular flexibility index (Phi) is 3.12. The molecule has 0 radical (unpaired) electrons. The van der Waals surface area contributed by atoms with Gasteiger partial charge in [-0.1, -0.05) is 12.8 Å². The van der Waals surface area contributed by atoms with Gasteiger partial charge in [0.2, 0.25) is 0 Å². The van der Waals surface area contributed by atoms with Crippen molar-refractivity contribution >= 4 is 17.1 Å². The third kappa shape index (κ3) is 2.13. The third-order valence-corrected chi connectivity index (χ3v) is 4.14. The number of hydrogen-bond donors (Lipinski definition) is 1. The highest BCUT2D eigenvalue weighted by atomic mass is 16.5. The minimum atomic E-state index is -0.741. The fourth-order valence-electron chi connectivity index (χ4n) is 2.96. The standard InChI is InChI=1S/C15H17NO4/c1-19-10-4-5-11-12(8-10)20-13(16-11)9-15(14(17)18)6-2-3-7-15/h4-5,8H,2-3,6-7,9H2,1H3,(H,17,18). The van der Waals surface area contributed by atoms with E-state index in [0.29, 0.717) is 36.5 Å². The topological polar surface area (TPSA) is 72.6 Å². The predicted octanol–water partition coefficient (Wildman–Crippen LogP) is 3.02. The molecular formula is C15H17NO4. The van der Waals surface area contributed by atoms with Crippen molar-refractivity contribution in [3.05, 3.63) is 24.1 Å². The van der Waals surface area contributed by atoms with Gasteiger partial charge in [0.1, 0.15) is 11.3 Å². The van der Waals surface area contributed by atoms with Gasteiger partial charge in [-0.25, -0.2) is 4.98 Å². The van der Waals surface area contributed by atoms with Crippen LogP contribution in [-0.2, 0) is 11.2 Å². The zero-order chi connectivity index (χ0) is 14.2. The molecule has 0 atom stereocenters. The summed E-state index contributed by atoms with van der Waals surface area (Å²) in [6.07, 6.45) is 3.68. The fourth-order valence-corrected chi connectivity index (χ4v) is 2.96. The summed E-state index contributed by atoms with van der Waals surface area (Å²) in [5.74, 6) is 0.460. The van der Waals surface area contributed by atoms with Gasteiger partial charge >= 0.3 is 5.97 Å². The molecule has 2 aromatic rings. The van der Waals surface area contributed by atoms with Gasteiger partial charge in [-0.15, -0.1) is 0 Å². The van der Waals surface area contributed by atoms with Crippen LogP contribution in [0.1, 0.15) is 31.6 Å². The molecule has 5 nitrogen and oxygen atoms in total. The van der Waals surface area contributed by atoms with E-state index < -0.39 is 11.4 Å². The second-order valence-corrected chi connectivity index (χ2v) is 5.41. The van der Waals surface area contributed by atoms with Gasteiger partial charge in [0.05, 0.1) is 12.5 Å². The Morgan fingerprint density at radius 1 is 1.45 bits per heavy atom. The Morgan fingerprint density at radius 3 is 2.85 bits per heavy atom. The lowest BCUT2D eigenvalue weighted by Crippen LogP contribution is -2.30. The number of hydrogen-bond acceptors (Lipinski definition) is 4. The number of nitrogens with zero attached hydrogens (tertiary/aromatic N) is 1. The lowest BCUT2D eigenvalue weighted by molar-refractivity contribution is -0.148. The summed E-state index contributed by atoms with van der Waals surface area (Å²) < 4.78 is 10.8. The number of carboxylic acids is 1. The van der Waals surface area contributed by atoms with Gasteiger partial charge in [-0.05, 0) is 25.0 Å². The van der Waals surface area contributed by atoms with Gasteiger partial charge in [-0.2, -0.15) is 0 Å². The number of aliphatic carboxylic acids is 1. The number of benzene rings is 1. The van der Waals surface area contributed by atoms with E-state index in [4.69, 9.17) is 9.15 Å². The van der Waals surface area contributed by atoms with Crippen molar-refractivity contribution in [2.24, 2.45) is 5.41 Å². The molecule has 1 aromatic heterocycles. The van der Waals surface area contributed by atoms with Crippen LogP contribution in [0.4, 0.5) is 0 Å². The van der Waals surface area contributed by atoms with Crippen LogP contribution >= 0.6 is 0 Å². The van der Waals surface area contributed by atoms with E-state index in [2.05, 4.69) is 4.98 Å². The predicted molar refractivity (Wildman–Crippen MR) is 72.8 cm³/mol. The summed E-state index contributed by atoms with van der Waals surface area (Å²) in [6, 6.07) is 5.41. The molecular weight excluding hydrogens is 258 g/mol. The molecule has 3 rings (SSSR count). The molecule has 0 bridgehead atoms. The first kappa shape index (κ1) is 13.0. The van der Waals surface area contributed by atoms with Crippen LogP contribution < -0.4 is 4.74 Å². The lowest BCUT2D eigenvalue weighted by atomic mass is 9.83. The summed E-state index contributed by atoms with van der Waals surface area (Å²) in [5, 5.41) is 9.49. The maximum absolute atomic E-state index is 11.6. The number of rotatable bonds is 4. The van der Waals surface area contributed by atoms with E-state index in [0.717, 1.165) is 18.4 Å². The van der Waals surface area contributed by atoms with E-state index in [1.165, 1.54) is 0 Å². The van der Waals surface area contributed by atoms with Gasteiger partial charge in [0.25, 0.3) is 0 Å². The summed E-state index contributed by atoms with van der Waals surface area (Å²) >= 11 is 0. The Hall–Kier alpha value is -2.04. The molecule has 1 saturated carbocycles. The Morgan fingerprint density at radius 2 is 2.20 bits per heavy atom. The highest BCUT2D eigenvalue weighted by Gasteiger charge is 2.42. The van der Waals surface area contributed by atoms with Crippen molar-refractivity contribution in [1.29, 1.82) is 0 Å². The van der Waals surface area contributed by atoms with Crippen molar-refractivity contribution in [3.63, 3.8) is 0 Å². The minimum absolute atomic E-state index is 0.360. The average molecular weight is 275 g/mol. The van der Waals surface area contributed by atoms with E-state index in [1.807, 2.05) is 12.1 Å². The van der Waals surface area contributed by atoms with Gasteiger partial charge < -0.3 is 14.3 Å². The van der Waals surface area contributed by atoms with Crippen molar-refractivity contribution in [2.75, 3.05) is 7.11 Å². The molecule has 0 spiro atoms. The Bertz CT molecular complexity index is 640. The first-order valence-corrected chi connectivity index (χ1v) is 6.80. The van der Waals surface area contributed by atoms with Crippen LogP contribution in [0.25, 0.3) is 11.1 Å². The molecule has 1 heterocycles. The number of carboxylic acid groups (broad SMARTS) is 1. The molecule has 1 aliphatic rings. The molecule has 5 heteroatoms. The van der Waals surface area contributed by atoms with Crippen molar-refractivity contribution in [3.8, 4) is 5.75 Å². The summed E-state index contributed by atoms with van der Waals surface area (Å²) in [5.41, 5.74) is 0.669. The van der Waals surface area contributed by atoms with Crippen molar-refractivity contribution in [1.82, 2.24) is 4.98 Å². The number of ether oxygens (including phenoxy) is 1. The Balaban J connectivity index is 1.92. The van der Waals surface area contributed by atoms with E-state index in [9.17, 15) is 9.90 Å². The molecule has 1 fully saturated rings. The smallest absolute Gasteiger partial charge is 0.310 e. The highest BCUT2D eigenvalue weighted by Crippen LogP contribution is 2.41. The number of carbonyl (C=O) groups is 1. The van der Waals surface area contributed by atoms with Crippen LogP contribution in [0.2, 0.25) is 0 Å². The molecule has 0 unspecified atom stereocenters. The molecule has 106 valence electrons. The van der Waals surface area contributed by atoms with Crippen molar-refractivity contribution in [2.45, 2.75) is 32.1 Å². The van der Waals surface area contributed by atoms with Crippen LogP contribution in [0.15, 0.2) is 22.6 Å². The monoisotopic (exact) mass is 275 g/mol. The van der Waals surface area contributed by atoms with Crippen LogP contribution in [0.3, 0.4) is 0 Å². The van der Waals surface area contributed by atoms with E-state index >= 15 is 0 Å². The molecule has 1 N–H and O–H groups in total. The second kappa shape index (κ2) is 4.81. The molecule has 1 aliphatic carbocycles.